The Morgan fingerprint density at radius 1 is 0.986 bits per heavy atom. The fourth-order valence-electron chi connectivity index (χ4n) is 9.10. The second kappa shape index (κ2) is 22.1. The molecular formula is C53H56F4N8O6S2. The maximum atomic E-state index is 15.4. The van der Waals surface area contributed by atoms with Crippen LogP contribution in [0, 0.1) is 29.5 Å². The molecular weight excluding hydrogens is 985 g/mol. The summed E-state index contributed by atoms with van der Waals surface area (Å²) in [6.45, 7) is 11.9. The first-order valence-electron chi connectivity index (χ1n) is 23.6. The molecule has 2 aromatic heterocycles. The zero-order chi connectivity index (χ0) is 53.0. The van der Waals surface area contributed by atoms with Crippen LogP contribution in [0.4, 0.5) is 28.9 Å². The van der Waals surface area contributed by atoms with Gasteiger partial charge in [0, 0.05) is 32.3 Å². The van der Waals surface area contributed by atoms with Crippen molar-refractivity contribution in [2.75, 3.05) is 43.2 Å². The number of benzene rings is 3. The number of carbonyl (C=O) groups excluding carboxylic acids is 4. The molecule has 0 radical (unpaired) electrons. The van der Waals surface area contributed by atoms with Gasteiger partial charge in [0.15, 0.2) is 10.9 Å². The Balaban J connectivity index is 0.853. The first kappa shape index (κ1) is 54.0. The van der Waals surface area contributed by atoms with Gasteiger partial charge in [0.25, 0.3) is 5.91 Å². The lowest BCUT2D eigenvalue weighted by molar-refractivity contribution is -0.153. The number of alkyl halides is 3. The lowest BCUT2D eigenvalue weighted by Crippen LogP contribution is -2.58. The molecule has 5 aromatic rings. The molecule has 0 saturated carbocycles. The molecule has 2 fully saturated rings. The van der Waals surface area contributed by atoms with Gasteiger partial charge in [-0.1, -0.05) is 45.0 Å². The topological polar surface area (TPSA) is 161 Å². The van der Waals surface area contributed by atoms with Gasteiger partial charge in [-0.05, 0) is 124 Å². The number of aromatic nitrogens is 2. The van der Waals surface area contributed by atoms with E-state index in [0.29, 0.717) is 67.4 Å². The van der Waals surface area contributed by atoms with Crippen LogP contribution in [0.5, 0.6) is 5.75 Å². The maximum absolute atomic E-state index is 15.4. The summed E-state index contributed by atoms with van der Waals surface area (Å²) in [5, 5.41) is 11.9. The Labute approximate surface area is 430 Å². The van der Waals surface area contributed by atoms with Crippen molar-refractivity contribution in [2.45, 2.75) is 97.6 Å². The number of thiocarbonyl (C=S) groups is 1. The zero-order valence-corrected chi connectivity index (χ0v) is 43.1. The van der Waals surface area contributed by atoms with Crippen LogP contribution >= 0.6 is 23.6 Å². The molecule has 2 aliphatic heterocycles. The van der Waals surface area contributed by atoms with Gasteiger partial charge < -0.3 is 29.5 Å². The van der Waals surface area contributed by atoms with Crippen LogP contribution in [-0.4, -0.2) is 99.5 Å². The number of likely N-dealkylation sites (tertiary alicyclic amines) is 1. The van der Waals surface area contributed by atoms with Crippen LogP contribution in [-0.2, 0) is 36.6 Å². The van der Waals surface area contributed by atoms with Gasteiger partial charge in [-0.2, -0.15) is 18.4 Å². The fourth-order valence-corrected chi connectivity index (χ4v) is 10.4. The van der Waals surface area contributed by atoms with Gasteiger partial charge in [-0.25, -0.2) is 9.37 Å². The molecule has 20 heteroatoms. The third-order valence-corrected chi connectivity index (χ3v) is 14.2. The summed E-state index contributed by atoms with van der Waals surface area (Å²) in [6, 6.07) is 20.1. The second-order valence-electron chi connectivity index (χ2n) is 19.4. The molecule has 73 heavy (non-hydrogen) atoms. The van der Waals surface area contributed by atoms with Gasteiger partial charge >= 0.3 is 6.18 Å². The van der Waals surface area contributed by atoms with Crippen LogP contribution in [0.1, 0.15) is 82.7 Å². The van der Waals surface area contributed by atoms with Crippen molar-refractivity contribution in [1.29, 1.82) is 5.26 Å². The molecule has 0 bridgehead atoms. The molecule has 0 spiro atoms. The zero-order valence-electron chi connectivity index (χ0n) is 41.5. The second-order valence-corrected chi connectivity index (χ2v) is 20.6. The van der Waals surface area contributed by atoms with Gasteiger partial charge in [0.2, 0.25) is 17.7 Å². The van der Waals surface area contributed by atoms with Crippen molar-refractivity contribution in [3.63, 3.8) is 0 Å². The molecule has 2 unspecified atom stereocenters. The Morgan fingerprint density at radius 3 is 2.29 bits per heavy atom. The van der Waals surface area contributed by atoms with E-state index < -0.39 is 57.8 Å². The van der Waals surface area contributed by atoms with Crippen LogP contribution in [0.25, 0.3) is 21.7 Å². The first-order chi connectivity index (χ1) is 34.5. The molecule has 2 atom stereocenters. The normalized spacial score (nSPS) is 16.1. The number of aryl methyl sites for hydroxylation is 1. The number of carbonyl (C=O) groups is 4. The molecule has 0 aliphatic carbocycles. The number of nitriles is 1. The summed E-state index contributed by atoms with van der Waals surface area (Å²) in [4.78, 5) is 69.8. The minimum atomic E-state index is -5.20. The third kappa shape index (κ3) is 11.7. The van der Waals surface area contributed by atoms with E-state index in [2.05, 4.69) is 15.3 Å². The summed E-state index contributed by atoms with van der Waals surface area (Å²) in [5.41, 5.74) is 0.937. The van der Waals surface area contributed by atoms with Crippen molar-refractivity contribution in [3.05, 3.63) is 113 Å². The molecule has 2 saturated heterocycles. The monoisotopic (exact) mass is 1040 g/mol. The maximum Gasteiger partial charge on any atom is 0.420 e. The lowest BCUT2D eigenvalue weighted by Gasteiger charge is -2.40. The number of pyridine rings is 1. The Kier molecular flexibility index (Phi) is 16.3. The third-order valence-electron chi connectivity index (χ3n) is 12.9. The van der Waals surface area contributed by atoms with Crippen LogP contribution in [0.2, 0.25) is 0 Å². The van der Waals surface area contributed by atoms with Gasteiger partial charge in [-0.15, -0.1) is 11.3 Å². The van der Waals surface area contributed by atoms with E-state index in [4.69, 9.17) is 21.7 Å². The van der Waals surface area contributed by atoms with Crippen LogP contribution in [0.15, 0.2) is 84.5 Å². The minimum Gasteiger partial charge on any atom is -0.494 e. The summed E-state index contributed by atoms with van der Waals surface area (Å²) in [5.74, 6) is -2.80. The number of anilines is 2. The lowest BCUT2D eigenvalue weighted by atomic mass is 9.84. The number of hydrogen-bond acceptors (Lipinski definition) is 11. The molecule has 1 N–H and O–H groups in total. The Hall–Kier alpha value is -6.82. The quantitative estimate of drug-likeness (QED) is 0.0537. The average Bonchev–Trinajstić information content (AvgIpc) is 4.06. The summed E-state index contributed by atoms with van der Waals surface area (Å²) >= 11 is 7.12. The highest BCUT2D eigenvalue weighted by molar-refractivity contribution is 7.81. The minimum absolute atomic E-state index is 0.220. The van der Waals surface area contributed by atoms with E-state index in [1.165, 1.54) is 35.9 Å². The number of nitrogens with zero attached hydrogens (tertiary/aromatic N) is 7. The smallest absolute Gasteiger partial charge is 0.420 e. The first-order valence-corrected chi connectivity index (χ1v) is 24.9. The highest BCUT2D eigenvalue weighted by Gasteiger charge is 2.52. The van der Waals surface area contributed by atoms with E-state index in [1.807, 2.05) is 69.6 Å². The molecule has 3 aromatic carbocycles. The number of halogens is 4. The highest BCUT2D eigenvalue weighted by atomic mass is 32.1. The number of ether oxygens (including phenoxy) is 2. The van der Waals surface area contributed by atoms with Crippen LogP contribution < -0.4 is 19.9 Å². The number of thiazole rings is 1. The summed E-state index contributed by atoms with van der Waals surface area (Å²) in [7, 11) is 1.60. The van der Waals surface area contributed by atoms with Crippen molar-refractivity contribution in [2.24, 2.45) is 5.41 Å². The number of unbranched alkanes of at least 4 members (excludes halogenated alkanes) is 1. The van der Waals surface area contributed by atoms with E-state index in [1.54, 1.807) is 47.5 Å². The number of nitrogens with one attached hydrogen (secondary N) is 1. The average molecular weight is 1040 g/mol. The van der Waals surface area contributed by atoms with Crippen molar-refractivity contribution in [3.8, 4) is 33.5 Å². The highest BCUT2D eigenvalue weighted by Crippen LogP contribution is 2.42. The van der Waals surface area contributed by atoms with Gasteiger partial charge in [0.1, 0.15) is 35.5 Å². The number of hydrogen-bond donors (Lipinski definition) is 1. The van der Waals surface area contributed by atoms with E-state index >= 15 is 4.39 Å². The molecule has 384 valence electrons. The predicted molar refractivity (Wildman–Crippen MR) is 273 cm³/mol. The molecule has 14 nitrogen and oxygen atoms in total. The fraction of sp³-hybridized carbons (Fsp3) is 0.396. The van der Waals surface area contributed by atoms with E-state index in [0.717, 1.165) is 39.4 Å². The SMILES string of the molecule is Cc1ncsc1-c1ccc(CNC(=O)C2CCCN2C(=O)C(N(C)C(=O)COCCCCOc2ccc(-c3ccc(N4C(=S)N(c5ccc(C#N)c(C(F)(F)F)c5F)C(=O)C4(C)C)cn3)cc2)C(C)(C)C)cc1. The number of amides is 4. The molecule has 7 rings (SSSR count). The Bertz CT molecular complexity index is 2900. The molecule has 2 aliphatic rings. The summed E-state index contributed by atoms with van der Waals surface area (Å²) in [6.07, 6.45) is -1.30. The number of rotatable bonds is 17. The molecule has 4 amide bonds. The van der Waals surface area contributed by atoms with Gasteiger partial charge in [0.05, 0.1) is 57.6 Å². The van der Waals surface area contributed by atoms with Crippen LogP contribution in [0.3, 0.4) is 0 Å². The standard InChI is InChI=1S/C53H56F4N8O6S2/c1-32-45(73-31-61-32)35-14-12-33(13-15-35)28-60-47(67)41-11-10-24-63(41)48(68)46(51(2,3)4)62(7)42(66)30-70-25-8-9-26-71-38-20-16-34(17-21-38)39-22-19-37(29-59-39)65-50(72)64(49(69)52(65,5)6)40-23-18-36(27-58)43(44(40)54)53(55,56)57/h12-23,29,31,41,46H,8-11,24-26,28,30H2,1-7H3,(H,60,67). The van der Waals surface area contributed by atoms with Crippen molar-refractivity contribution in [1.82, 2.24) is 25.1 Å². The summed E-state index contributed by atoms with van der Waals surface area (Å²) < 4.78 is 68.5. The van der Waals surface area contributed by atoms with E-state index in [9.17, 15) is 37.6 Å². The van der Waals surface area contributed by atoms with Crippen molar-refractivity contribution < 1.29 is 46.2 Å². The molecule has 4 heterocycles. The number of likely N-dealkylation sites (N-methyl/N-ethyl adjacent to an activating group) is 1. The Morgan fingerprint density at radius 2 is 1.67 bits per heavy atom. The van der Waals surface area contributed by atoms with E-state index in [-0.39, 0.29) is 36.0 Å². The van der Waals surface area contributed by atoms with Gasteiger partial charge in [-0.3, -0.25) is 29.1 Å². The predicted octanol–water partition coefficient (Wildman–Crippen LogP) is 9.48. The largest absolute Gasteiger partial charge is 0.494 e. The van der Waals surface area contributed by atoms with Crippen molar-refractivity contribution >= 4 is 63.7 Å².